The normalized spacial score (nSPS) is 22.0. The van der Waals surface area contributed by atoms with Crippen molar-refractivity contribution in [3.63, 3.8) is 0 Å². The predicted octanol–water partition coefficient (Wildman–Crippen LogP) is 3.25. The van der Waals surface area contributed by atoms with Gasteiger partial charge in [0.2, 0.25) is 15.9 Å². The molecule has 2 fully saturated rings. The van der Waals surface area contributed by atoms with Crippen molar-refractivity contribution in [2.75, 3.05) is 19.6 Å². The molecule has 5 nitrogen and oxygen atoms in total. The number of hydrogen-bond donors (Lipinski definition) is 0. The van der Waals surface area contributed by atoms with E-state index in [4.69, 9.17) is 0 Å². The minimum Gasteiger partial charge on any atom is -0.340 e. The first-order valence-corrected chi connectivity index (χ1v) is 10.5. The first-order chi connectivity index (χ1) is 11.6. The topological polar surface area (TPSA) is 57.7 Å². The SMILES string of the molecule is C.CC1CN(C(=O)C2CC2)CCN1S(=O)(=O)c1ccc(C(C)(C)C)cc1. The summed E-state index contributed by atoms with van der Waals surface area (Å²) in [7, 11) is -3.53. The van der Waals surface area contributed by atoms with Gasteiger partial charge < -0.3 is 4.90 Å². The van der Waals surface area contributed by atoms with Gasteiger partial charge in [-0.05, 0) is 42.9 Å². The number of rotatable bonds is 3. The van der Waals surface area contributed by atoms with E-state index < -0.39 is 10.0 Å². The van der Waals surface area contributed by atoms with Gasteiger partial charge in [-0.2, -0.15) is 4.31 Å². The molecule has 1 unspecified atom stereocenters. The van der Waals surface area contributed by atoms with Gasteiger partial charge in [0.1, 0.15) is 0 Å². The van der Waals surface area contributed by atoms with Crippen LogP contribution in [0.1, 0.15) is 53.5 Å². The predicted molar refractivity (Wildman–Crippen MR) is 105 cm³/mol. The quantitative estimate of drug-likeness (QED) is 0.809. The van der Waals surface area contributed by atoms with Gasteiger partial charge in [0.25, 0.3) is 0 Å². The standard InChI is InChI=1S/C19H28N2O3S.CH4/c1-14-13-20(18(22)15-5-6-15)11-12-21(14)25(23,24)17-9-7-16(8-10-17)19(2,3)4;/h7-10,14-15H,5-6,11-13H2,1-4H3;1H4. The van der Waals surface area contributed by atoms with E-state index in [1.54, 1.807) is 12.1 Å². The van der Waals surface area contributed by atoms with Crippen LogP contribution in [0.15, 0.2) is 29.2 Å². The Bertz CT molecular complexity index is 746. The Morgan fingerprint density at radius 2 is 1.65 bits per heavy atom. The third-order valence-corrected chi connectivity index (χ3v) is 7.16. The Balaban J connectivity index is 0.00000243. The van der Waals surface area contributed by atoms with Crippen LogP contribution in [-0.2, 0) is 20.2 Å². The van der Waals surface area contributed by atoms with Gasteiger partial charge in [0, 0.05) is 31.6 Å². The molecule has 0 aromatic heterocycles. The van der Waals surface area contributed by atoms with Crippen LogP contribution in [0.4, 0.5) is 0 Å². The minimum absolute atomic E-state index is 0. The lowest BCUT2D eigenvalue weighted by Gasteiger charge is -2.39. The zero-order valence-corrected chi connectivity index (χ0v) is 16.3. The fourth-order valence-corrected chi connectivity index (χ4v) is 4.96. The summed E-state index contributed by atoms with van der Waals surface area (Å²) < 4.78 is 27.5. The van der Waals surface area contributed by atoms with E-state index >= 15 is 0 Å². The molecule has 1 aromatic rings. The lowest BCUT2D eigenvalue weighted by atomic mass is 9.87. The van der Waals surface area contributed by atoms with E-state index in [0.717, 1.165) is 18.4 Å². The smallest absolute Gasteiger partial charge is 0.243 e. The molecule has 0 spiro atoms. The summed E-state index contributed by atoms with van der Waals surface area (Å²) in [6.45, 7) is 9.53. The lowest BCUT2D eigenvalue weighted by Crippen LogP contribution is -2.55. The second-order valence-corrected chi connectivity index (χ2v) is 10.2. The molecule has 1 atom stereocenters. The van der Waals surface area contributed by atoms with Crippen LogP contribution in [0.5, 0.6) is 0 Å². The monoisotopic (exact) mass is 380 g/mol. The average molecular weight is 381 g/mol. The summed E-state index contributed by atoms with van der Waals surface area (Å²) in [4.78, 5) is 14.4. The molecule has 1 saturated carbocycles. The number of carbonyl (C=O) groups excluding carboxylic acids is 1. The molecule has 1 aliphatic carbocycles. The Morgan fingerprint density at radius 1 is 1.08 bits per heavy atom. The number of sulfonamides is 1. The Hall–Kier alpha value is -1.40. The highest BCUT2D eigenvalue weighted by atomic mass is 32.2. The molecule has 1 saturated heterocycles. The Morgan fingerprint density at radius 3 is 2.12 bits per heavy atom. The van der Waals surface area contributed by atoms with Crippen LogP contribution in [-0.4, -0.2) is 49.2 Å². The minimum atomic E-state index is -3.53. The largest absolute Gasteiger partial charge is 0.340 e. The van der Waals surface area contributed by atoms with Crippen molar-refractivity contribution in [3.05, 3.63) is 29.8 Å². The van der Waals surface area contributed by atoms with Crippen LogP contribution in [0.25, 0.3) is 0 Å². The zero-order chi connectivity index (χ0) is 18.4. The molecule has 6 heteroatoms. The van der Waals surface area contributed by atoms with Crippen molar-refractivity contribution >= 4 is 15.9 Å². The molecule has 1 amide bonds. The molecule has 0 radical (unpaired) electrons. The number of hydrogen-bond acceptors (Lipinski definition) is 3. The maximum Gasteiger partial charge on any atom is 0.243 e. The molecular formula is C20H32N2O3S. The molecule has 1 aromatic carbocycles. The lowest BCUT2D eigenvalue weighted by molar-refractivity contribution is -0.134. The van der Waals surface area contributed by atoms with Crippen LogP contribution in [0.2, 0.25) is 0 Å². The van der Waals surface area contributed by atoms with Crippen molar-refractivity contribution < 1.29 is 13.2 Å². The van der Waals surface area contributed by atoms with E-state index in [0.29, 0.717) is 24.5 Å². The summed E-state index contributed by atoms with van der Waals surface area (Å²) in [5, 5.41) is 0. The van der Waals surface area contributed by atoms with E-state index in [1.807, 2.05) is 24.0 Å². The number of benzene rings is 1. The molecule has 2 aliphatic rings. The van der Waals surface area contributed by atoms with Gasteiger partial charge >= 0.3 is 0 Å². The van der Waals surface area contributed by atoms with Crippen molar-refractivity contribution in [2.45, 2.75) is 64.3 Å². The second kappa shape index (κ2) is 7.31. The molecule has 1 heterocycles. The number of carbonyl (C=O) groups is 1. The zero-order valence-electron chi connectivity index (χ0n) is 15.5. The number of amides is 1. The van der Waals surface area contributed by atoms with Gasteiger partial charge in [0.15, 0.2) is 0 Å². The van der Waals surface area contributed by atoms with Crippen LogP contribution < -0.4 is 0 Å². The third-order valence-electron chi connectivity index (χ3n) is 5.13. The Kier molecular flexibility index (Phi) is 5.88. The summed E-state index contributed by atoms with van der Waals surface area (Å²) in [5.74, 6) is 0.374. The van der Waals surface area contributed by atoms with E-state index in [2.05, 4.69) is 20.8 Å². The van der Waals surface area contributed by atoms with E-state index in [-0.39, 0.29) is 30.7 Å². The van der Waals surface area contributed by atoms with Crippen molar-refractivity contribution in [2.24, 2.45) is 5.92 Å². The highest BCUT2D eigenvalue weighted by molar-refractivity contribution is 7.89. The fourth-order valence-electron chi connectivity index (χ4n) is 3.35. The molecular weight excluding hydrogens is 348 g/mol. The molecule has 1 aliphatic heterocycles. The molecule has 3 rings (SSSR count). The maximum absolute atomic E-state index is 13.0. The van der Waals surface area contributed by atoms with Gasteiger partial charge in [-0.3, -0.25) is 4.79 Å². The first kappa shape index (κ1) is 20.9. The summed E-state index contributed by atoms with van der Waals surface area (Å²) in [6.07, 6.45) is 1.96. The molecule has 146 valence electrons. The second-order valence-electron chi connectivity index (χ2n) is 8.30. The average Bonchev–Trinajstić information content (AvgIpc) is 3.38. The summed E-state index contributed by atoms with van der Waals surface area (Å²) in [6, 6.07) is 6.98. The van der Waals surface area contributed by atoms with Gasteiger partial charge in [-0.25, -0.2) is 8.42 Å². The highest BCUT2D eigenvalue weighted by Crippen LogP contribution is 2.32. The fraction of sp³-hybridized carbons (Fsp3) is 0.650. The summed E-state index contributed by atoms with van der Waals surface area (Å²) >= 11 is 0. The van der Waals surface area contributed by atoms with Crippen molar-refractivity contribution in [1.29, 1.82) is 0 Å². The van der Waals surface area contributed by atoms with Crippen LogP contribution in [0, 0.1) is 5.92 Å². The van der Waals surface area contributed by atoms with Crippen LogP contribution in [0.3, 0.4) is 0 Å². The Labute approximate surface area is 158 Å². The number of nitrogens with zero attached hydrogens (tertiary/aromatic N) is 2. The van der Waals surface area contributed by atoms with Gasteiger partial charge in [0.05, 0.1) is 4.90 Å². The molecule has 0 N–H and O–H groups in total. The van der Waals surface area contributed by atoms with E-state index in [9.17, 15) is 13.2 Å². The van der Waals surface area contributed by atoms with Crippen LogP contribution >= 0.6 is 0 Å². The van der Waals surface area contributed by atoms with Gasteiger partial charge in [-0.15, -0.1) is 0 Å². The van der Waals surface area contributed by atoms with Crippen molar-refractivity contribution in [3.8, 4) is 0 Å². The van der Waals surface area contributed by atoms with Gasteiger partial charge in [-0.1, -0.05) is 40.3 Å². The molecule has 26 heavy (non-hydrogen) atoms. The first-order valence-electron chi connectivity index (χ1n) is 9.02. The van der Waals surface area contributed by atoms with E-state index in [1.165, 1.54) is 4.31 Å². The number of piperazine rings is 1. The summed E-state index contributed by atoms with van der Waals surface area (Å²) in [5.41, 5.74) is 1.10. The maximum atomic E-state index is 13.0. The third kappa shape index (κ3) is 4.12. The highest BCUT2D eigenvalue weighted by Gasteiger charge is 2.39. The van der Waals surface area contributed by atoms with Crippen molar-refractivity contribution in [1.82, 2.24) is 9.21 Å². The molecule has 0 bridgehead atoms.